The number of ether oxygens (including phenoxy) is 2. The fourth-order valence-electron chi connectivity index (χ4n) is 3.94. The van der Waals surface area contributed by atoms with Crippen molar-refractivity contribution in [2.24, 2.45) is 0 Å². The minimum absolute atomic E-state index is 0.124. The molecule has 4 amide bonds. The lowest BCUT2D eigenvalue weighted by atomic mass is 9.91. The predicted octanol–water partition coefficient (Wildman–Crippen LogP) is 2.19. The van der Waals surface area contributed by atoms with Gasteiger partial charge < -0.3 is 20.1 Å². The molecule has 1 aromatic carbocycles. The second-order valence-electron chi connectivity index (χ2n) is 7.72. The van der Waals surface area contributed by atoms with E-state index in [1.165, 1.54) is 18.4 Å². The second-order valence-corrected chi connectivity index (χ2v) is 7.72. The number of imide groups is 1. The summed E-state index contributed by atoms with van der Waals surface area (Å²) in [5.41, 5.74) is 0.680. The van der Waals surface area contributed by atoms with Crippen LogP contribution in [0.15, 0.2) is 29.8 Å². The van der Waals surface area contributed by atoms with Crippen molar-refractivity contribution >= 4 is 17.8 Å². The molecule has 0 radical (unpaired) electrons. The van der Waals surface area contributed by atoms with Crippen molar-refractivity contribution < 1.29 is 23.9 Å². The number of urea groups is 1. The summed E-state index contributed by atoms with van der Waals surface area (Å²) in [7, 11) is 0. The van der Waals surface area contributed by atoms with Gasteiger partial charge in [-0.25, -0.2) is 4.79 Å². The average Bonchev–Trinajstić information content (AvgIpc) is 3.27. The Morgan fingerprint density at radius 2 is 2.07 bits per heavy atom. The van der Waals surface area contributed by atoms with Crippen LogP contribution in [0.3, 0.4) is 0 Å². The molecule has 8 nitrogen and oxygen atoms in total. The molecule has 1 fully saturated rings. The maximum atomic E-state index is 13.0. The number of allylic oxidation sites excluding steroid dienone is 1. The Morgan fingerprint density at radius 3 is 2.86 bits per heavy atom. The van der Waals surface area contributed by atoms with E-state index in [2.05, 4.69) is 16.7 Å². The number of nitrogens with zero attached hydrogens (tertiary/aromatic N) is 1. The second kappa shape index (κ2) is 7.77. The standard InChI is InChI=1S/C21H25N3O5/c1-21(15-7-8-16-17(11-15)29-13-28-16)19(26)24(20(27)23-21)12-18(25)22-10-9-14-5-3-2-4-6-14/h5,7-8,11H,2-4,6,9-10,12-13H2,1H3,(H,22,25)(H,23,27)/t21-/m0/s1. The highest BCUT2D eigenvalue weighted by Crippen LogP contribution is 2.37. The molecule has 0 spiro atoms. The van der Waals surface area contributed by atoms with Gasteiger partial charge in [0.2, 0.25) is 12.7 Å². The fourth-order valence-corrected chi connectivity index (χ4v) is 3.94. The van der Waals surface area contributed by atoms with Crippen LogP contribution in [0.2, 0.25) is 0 Å². The highest BCUT2D eigenvalue weighted by Gasteiger charge is 2.49. The molecule has 3 aliphatic rings. The third-order valence-corrected chi connectivity index (χ3v) is 5.68. The van der Waals surface area contributed by atoms with E-state index in [1.807, 2.05) is 0 Å². The molecule has 4 rings (SSSR count). The first-order valence-corrected chi connectivity index (χ1v) is 9.96. The van der Waals surface area contributed by atoms with Crippen molar-refractivity contribution in [3.05, 3.63) is 35.4 Å². The van der Waals surface area contributed by atoms with Gasteiger partial charge in [0.05, 0.1) is 0 Å². The molecule has 0 aromatic heterocycles. The fraction of sp³-hybridized carbons (Fsp3) is 0.476. The molecule has 2 heterocycles. The minimum Gasteiger partial charge on any atom is -0.454 e. The summed E-state index contributed by atoms with van der Waals surface area (Å²) >= 11 is 0. The van der Waals surface area contributed by atoms with Gasteiger partial charge in [0.25, 0.3) is 5.91 Å². The topological polar surface area (TPSA) is 97.0 Å². The molecule has 1 aliphatic carbocycles. The Balaban J connectivity index is 1.37. The number of hydrogen-bond acceptors (Lipinski definition) is 5. The van der Waals surface area contributed by atoms with E-state index in [0.717, 1.165) is 24.2 Å². The molecule has 0 saturated carbocycles. The van der Waals surface area contributed by atoms with Gasteiger partial charge in [0, 0.05) is 6.54 Å². The molecule has 0 bridgehead atoms. The average molecular weight is 399 g/mol. The van der Waals surface area contributed by atoms with Crippen molar-refractivity contribution in [2.75, 3.05) is 19.9 Å². The number of fused-ring (bicyclic) bond motifs is 1. The zero-order valence-corrected chi connectivity index (χ0v) is 16.5. The molecule has 1 saturated heterocycles. The zero-order chi connectivity index (χ0) is 20.4. The van der Waals surface area contributed by atoms with Crippen molar-refractivity contribution in [1.29, 1.82) is 0 Å². The zero-order valence-electron chi connectivity index (χ0n) is 16.5. The lowest BCUT2D eigenvalue weighted by Gasteiger charge is -2.22. The van der Waals surface area contributed by atoms with Crippen LogP contribution >= 0.6 is 0 Å². The number of nitrogens with one attached hydrogen (secondary N) is 2. The summed E-state index contributed by atoms with van der Waals surface area (Å²) in [6.07, 6.45) is 7.65. The Bertz CT molecular complexity index is 881. The van der Waals surface area contributed by atoms with Crippen LogP contribution in [-0.4, -0.2) is 42.6 Å². The van der Waals surface area contributed by atoms with Gasteiger partial charge in [-0.15, -0.1) is 0 Å². The number of amides is 4. The maximum absolute atomic E-state index is 13.0. The summed E-state index contributed by atoms with van der Waals surface area (Å²) in [4.78, 5) is 38.6. The van der Waals surface area contributed by atoms with Gasteiger partial charge >= 0.3 is 6.03 Å². The molecular weight excluding hydrogens is 374 g/mol. The molecule has 0 unspecified atom stereocenters. The van der Waals surface area contributed by atoms with E-state index in [1.54, 1.807) is 25.1 Å². The van der Waals surface area contributed by atoms with Crippen LogP contribution < -0.4 is 20.1 Å². The Morgan fingerprint density at radius 1 is 1.24 bits per heavy atom. The molecule has 2 N–H and O–H groups in total. The molecular formula is C21H25N3O5. The van der Waals surface area contributed by atoms with Crippen molar-refractivity contribution in [1.82, 2.24) is 15.5 Å². The lowest BCUT2D eigenvalue weighted by molar-refractivity contribution is -0.134. The Hall–Kier alpha value is -3.03. The van der Waals surface area contributed by atoms with Crippen LogP contribution in [0.1, 0.15) is 44.6 Å². The molecule has 1 atom stereocenters. The summed E-state index contributed by atoms with van der Waals surface area (Å²) in [6, 6.07) is 4.52. The summed E-state index contributed by atoms with van der Waals surface area (Å²) in [5, 5.41) is 5.51. The minimum atomic E-state index is -1.26. The SMILES string of the molecule is C[C@@]1(c2ccc3c(c2)OCO3)NC(=O)N(CC(=O)NCCC2=CCCCC2)C1=O. The number of benzene rings is 1. The van der Waals surface area contributed by atoms with Crippen LogP contribution in [0.5, 0.6) is 11.5 Å². The third kappa shape index (κ3) is 3.79. The van der Waals surface area contributed by atoms with Gasteiger partial charge in [-0.1, -0.05) is 17.7 Å². The van der Waals surface area contributed by atoms with E-state index in [0.29, 0.717) is 23.6 Å². The van der Waals surface area contributed by atoms with Gasteiger partial charge in [0.1, 0.15) is 12.1 Å². The lowest BCUT2D eigenvalue weighted by Crippen LogP contribution is -2.43. The first-order chi connectivity index (χ1) is 14.0. The summed E-state index contributed by atoms with van der Waals surface area (Å²) in [6.45, 7) is 1.95. The van der Waals surface area contributed by atoms with E-state index in [-0.39, 0.29) is 19.2 Å². The highest BCUT2D eigenvalue weighted by atomic mass is 16.7. The maximum Gasteiger partial charge on any atom is 0.325 e. The Kier molecular flexibility index (Phi) is 5.17. The van der Waals surface area contributed by atoms with Crippen LogP contribution in [0, 0.1) is 0 Å². The van der Waals surface area contributed by atoms with Crippen LogP contribution in [-0.2, 0) is 15.1 Å². The predicted molar refractivity (Wildman–Crippen MR) is 104 cm³/mol. The van der Waals surface area contributed by atoms with Gasteiger partial charge in [-0.2, -0.15) is 0 Å². The molecule has 1 aromatic rings. The molecule has 2 aliphatic heterocycles. The molecule has 154 valence electrons. The smallest absolute Gasteiger partial charge is 0.325 e. The van der Waals surface area contributed by atoms with Gasteiger partial charge in [-0.05, 0) is 56.7 Å². The van der Waals surface area contributed by atoms with Gasteiger partial charge in [-0.3, -0.25) is 14.5 Å². The Labute approximate surface area is 169 Å². The highest BCUT2D eigenvalue weighted by molar-refractivity contribution is 6.09. The van der Waals surface area contributed by atoms with Gasteiger partial charge in [0.15, 0.2) is 11.5 Å². The van der Waals surface area contributed by atoms with E-state index < -0.39 is 17.5 Å². The molecule has 8 heteroatoms. The number of hydrogen-bond donors (Lipinski definition) is 2. The van der Waals surface area contributed by atoms with Crippen LogP contribution in [0.25, 0.3) is 0 Å². The molecule has 29 heavy (non-hydrogen) atoms. The van der Waals surface area contributed by atoms with Crippen LogP contribution in [0.4, 0.5) is 4.79 Å². The quantitative estimate of drug-likeness (QED) is 0.565. The monoisotopic (exact) mass is 399 g/mol. The third-order valence-electron chi connectivity index (χ3n) is 5.68. The number of carbonyl (C=O) groups is 3. The number of carbonyl (C=O) groups excluding carboxylic acids is 3. The van der Waals surface area contributed by atoms with E-state index in [4.69, 9.17) is 9.47 Å². The summed E-state index contributed by atoms with van der Waals surface area (Å²) in [5.74, 6) is 0.309. The van der Waals surface area contributed by atoms with Crippen molar-refractivity contribution in [3.8, 4) is 11.5 Å². The first-order valence-electron chi connectivity index (χ1n) is 9.96. The summed E-state index contributed by atoms with van der Waals surface area (Å²) < 4.78 is 10.7. The number of rotatable bonds is 6. The normalized spacial score (nSPS) is 23.1. The van der Waals surface area contributed by atoms with E-state index in [9.17, 15) is 14.4 Å². The van der Waals surface area contributed by atoms with E-state index >= 15 is 0 Å². The van der Waals surface area contributed by atoms with Crippen molar-refractivity contribution in [2.45, 2.75) is 44.6 Å². The first kappa shape index (κ1) is 19.3. The van der Waals surface area contributed by atoms with Crippen molar-refractivity contribution in [3.63, 3.8) is 0 Å². The largest absolute Gasteiger partial charge is 0.454 e.